The van der Waals surface area contributed by atoms with Gasteiger partial charge in [-0.1, -0.05) is 17.4 Å². The second-order valence-corrected chi connectivity index (χ2v) is 9.25. The lowest BCUT2D eigenvalue weighted by Gasteiger charge is -2.23. The molecule has 1 aliphatic heterocycles. The number of carbonyl (C=O) groups is 2. The highest BCUT2D eigenvalue weighted by Gasteiger charge is 2.33. The maximum absolute atomic E-state index is 13.4. The Bertz CT molecular complexity index is 1420. The number of benzene rings is 1. The summed E-state index contributed by atoms with van der Waals surface area (Å²) in [6, 6.07) is 9.96. The molecule has 0 saturated heterocycles. The monoisotopic (exact) mass is 497 g/mol. The van der Waals surface area contributed by atoms with Crippen LogP contribution in [0, 0.1) is 0 Å². The Hall–Kier alpha value is -3.50. The molecule has 4 rings (SSSR count). The highest BCUT2D eigenvalue weighted by molar-refractivity contribution is 7.10. The molecule has 34 heavy (non-hydrogen) atoms. The number of thiazole rings is 1. The Kier molecular flexibility index (Phi) is 7.09. The molecule has 176 valence electrons. The maximum Gasteiger partial charge on any atom is 0.338 e. The first-order valence-corrected chi connectivity index (χ1v) is 12.4. The van der Waals surface area contributed by atoms with Gasteiger partial charge in [-0.05, 0) is 56.5 Å². The number of aromatic nitrogens is 1. The molecule has 0 spiro atoms. The van der Waals surface area contributed by atoms with E-state index in [1.165, 1.54) is 22.7 Å². The zero-order valence-electron chi connectivity index (χ0n) is 18.9. The molecule has 3 heterocycles. The molecule has 1 aromatic carbocycles. The van der Waals surface area contributed by atoms with Crippen LogP contribution in [-0.2, 0) is 14.3 Å². The molecule has 1 aliphatic rings. The molecule has 10 heteroatoms. The van der Waals surface area contributed by atoms with Crippen molar-refractivity contribution in [1.82, 2.24) is 4.57 Å². The van der Waals surface area contributed by atoms with E-state index >= 15 is 0 Å². The zero-order chi connectivity index (χ0) is 24.2. The zero-order valence-corrected chi connectivity index (χ0v) is 20.5. The summed E-state index contributed by atoms with van der Waals surface area (Å²) < 4.78 is 12.3. The number of hydrogen-bond acceptors (Lipinski definition) is 9. The first-order valence-electron chi connectivity index (χ1n) is 10.7. The van der Waals surface area contributed by atoms with Crippen LogP contribution in [0.1, 0.15) is 42.0 Å². The van der Waals surface area contributed by atoms with Crippen LogP contribution in [0.15, 0.2) is 62.8 Å². The lowest BCUT2D eigenvalue weighted by molar-refractivity contribution is -0.139. The first kappa shape index (κ1) is 23.7. The van der Waals surface area contributed by atoms with E-state index in [2.05, 4.69) is 10.3 Å². The van der Waals surface area contributed by atoms with Gasteiger partial charge in [-0.25, -0.2) is 14.6 Å². The van der Waals surface area contributed by atoms with E-state index in [4.69, 9.17) is 9.47 Å². The molecule has 1 N–H and O–H groups in total. The smallest absolute Gasteiger partial charge is 0.338 e. The Morgan fingerprint density at radius 2 is 1.82 bits per heavy atom. The van der Waals surface area contributed by atoms with Crippen molar-refractivity contribution in [2.45, 2.75) is 26.8 Å². The number of thiophene rings is 1. The predicted octanol–water partition coefficient (Wildman–Crippen LogP) is 3.06. The number of ether oxygens (including phenoxy) is 2. The number of esters is 2. The fourth-order valence-electron chi connectivity index (χ4n) is 3.57. The second-order valence-electron chi connectivity index (χ2n) is 7.26. The summed E-state index contributed by atoms with van der Waals surface area (Å²) in [5, 5.41) is 5.01. The number of rotatable bonds is 7. The SMILES string of the molecule is CCOC(=O)C1=C(C)N=c2s/c(=C\Nc3ccc(C(=O)OCC)cc3)c(=O)n2[C@H]1c1cccs1. The highest BCUT2D eigenvalue weighted by atomic mass is 32.1. The minimum absolute atomic E-state index is 0.232. The second kappa shape index (κ2) is 10.2. The van der Waals surface area contributed by atoms with Gasteiger partial charge in [0.05, 0.1) is 30.0 Å². The van der Waals surface area contributed by atoms with Crippen molar-refractivity contribution in [3.63, 3.8) is 0 Å². The number of anilines is 1. The number of nitrogens with one attached hydrogen (secondary N) is 1. The fraction of sp³-hybridized carbons (Fsp3) is 0.250. The average Bonchev–Trinajstić information content (AvgIpc) is 3.46. The van der Waals surface area contributed by atoms with Gasteiger partial charge in [0, 0.05) is 16.8 Å². The van der Waals surface area contributed by atoms with Gasteiger partial charge in [-0.2, -0.15) is 0 Å². The van der Waals surface area contributed by atoms with Crippen LogP contribution < -0.4 is 20.2 Å². The van der Waals surface area contributed by atoms with E-state index < -0.39 is 12.0 Å². The molecule has 0 bridgehead atoms. The summed E-state index contributed by atoms with van der Waals surface area (Å²) >= 11 is 2.70. The molecule has 1 atom stereocenters. The topological polar surface area (TPSA) is 99.0 Å². The molecule has 0 amide bonds. The van der Waals surface area contributed by atoms with E-state index in [1.54, 1.807) is 55.8 Å². The van der Waals surface area contributed by atoms with Gasteiger partial charge >= 0.3 is 11.9 Å². The van der Waals surface area contributed by atoms with Crippen LogP contribution in [-0.4, -0.2) is 29.7 Å². The Labute approximate surface area is 203 Å². The van der Waals surface area contributed by atoms with Gasteiger partial charge in [0.2, 0.25) is 0 Å². The van der Waals surface area contributed by atoms with Crippen molar-refractivity contribution < 1.29 is 19.1 Å². The number of allylic oxidation sites excluding steroid dienone is 1. The third kappa shape index (κ3) is 4.59. The van der Waals surface area contributed by atoms with Gasteiger partial charge in [0.15, 0.2) is 4.80 Å². The largest absolute Gasteiger partial charge is 0.463 e. The Morgan fingerprint density at radius 3 is 2.47 bits per heavy atom. The molecular formula is C24H23N3O5S2. The number of hydrogen-bond donors (Lipinski definition) is 1. The summed E-state index contributed by atoms with van der Waals surface area (Å²) in [7, 11) is 0. The van der Waals surface area contributed by atoms with Crippen LogP contribution in [0.4, 0.5) is 5.69 Å². The summed E-state index contributed by atoms with van der Waals surface area (Å²) in [6.45, 7) is 5.80. The van der Waals surface area contributed by atoms with Crippen molar-refractivity contribution in [1.29, 1.82) is 0 Å². The maximum atomic E-state index is 13.4. The molecule has 0 aliphatic carbocycles. The minimum Gasteiger partial charge on any atom is -0.463 e. The summed E-state index contributed by atoms with van der Waals surface area (Å²) in [5.74, 6) is -0.861. The van der Waals surface area contributed by atoms with Crippen LogP contribution in [0.5, 0.6) is 0 Å². The molecular weight excluding hydrogens is 474 g/mol. The van der Waals surface area contributed by atoms with Crippen molar-refractivity contribution >= 4 is 46.5 Å². The van der Waals surface area contributed by atoms with Crippen LogP contribution in [0.25, 0.3) is 6.20 Å². The number of nitrogens with zero attached hydrogens (tertiary/aromatic N) is 2. The number of fused-ring (bicyclic) bond motifs is 1. The molecule has 2 aromatic heterocycles. The lowest BCUT2D eigenvalue weighted by Crippen LogP contribution is -2.39. The van der Waals surface area contributed by atoms with Crippen LogP contribution >= 0.6 is 22.7 Å². The summed E-state index contributed by atoms with van der Waals surface area (Å²) in [4.78, 5) is 43.9. The van der Waals surface area contributed by atoms with Crippen LogP contribution in [0.3, 0.4) is 0 Å². The lowest BCUT2D eigenvalue weighted by atomic mass is 10.0. The first-order chi connectivity index (χ1) is 16.4. The quantitative estimate of drug-likeness (QED) is 0.504. The van der Waals surface area contributed by atoms with E-state index in [0.29, 0.717) is 38.5 Å². The Balaban J connectivity index is 1.71. The van der Waals surface area contributed by atoms with Gasteiger partial charge in [-0.15, -0.1) is 11.3 Å². The number of carbonyl (C=O) groups excluding carboxylic acids is 2. The van der Waals surface area contributed by atoms with E-state index in [-0.39, 0.29) is 18.1 Å². The molecule has 0 fully saturated rings. The van der Waals surface area contributed by atoms with Crippen molar-refractivity contribution in [2.24, 2.45) is 4.99 Å². The summed E-state index contributed by atoms with van der Waals surface area (Å²) in [5.41, 5.74) is 1.80. The van der Waals surface area contributed by atoms with Crippen molar-refractivity contribution in [3.8, 4) is 0 Å². The van der Waals surface area contributed by atoms with Crippen molar-refractivity contribution in [2.75, 3.05) is 18.5 Å². The predicted molar refractivity (Wildman–Crippen MR) is 132 cm³/mol. The van der Waals surface area contributed by atoms with E-state index in [1.807, 2.05) is 17.5 Å². The molecule has 8 nitrogen and oxygen atoms in total. The average molecular weight is 498 g/mol. The minimum atomic E-state index is -0.596. The van der Waals surface area contributed by atoms with Crippen molar-refractivity contribution in [3.05, 3.63) is 83.2 Å². The molecule has 0 unspecified atom stereocenters. The molecule has 0 radical (unpaired) electrons. The Morgan fingerprint density at radius 1 is 1.12 bits per heavy atom. The summed E-state index contributed by atoms with van der Waals surface area (Å²) in [6.07, 6.45) is 1.61. The normalized spacial score (nSPS) is 15.5. The molecule has 0 saturated carbocycles. The molecule has 3 aromatic rings. The fourth-order valence-corrected chi connectivity index (χ4v) is 5.37. The van der Waals surface area contributed by atoms with Crippen LogP contribution in [0.2, 0.25) is 0 Å². The van der Waals surface area contributed by atoms with E-state index in [9.17, 15) is 14.4 Å². The van der Waals surface area contributed by atoms with Gasteiger partial charge in [0.1, 0.15) is 10.6 Å². The standard InChI is InChI=1S/C24H23N3O5S2/c1-4-31-22(29)15-8-10-16(11-9-15)25-13-18-21(28)27-20(17-7-6-12-33-17)19(23(30)32-5-2)14(3)26-24(27)34-18/h6-13,20,25H,4-5H2,1-3H3/b18-13-/t20-/m0/s1. The van der Waals surface area contributed by atoms with Gasteiger partial charge in [-0.3, -0.25) is 9.36 Å². The van der Waals surface area contributed by atoms with Gasteiger partial charge < -0.3 is 14.8 Å². The third-order valence-electron chi connectivity index (χ3n) is 5.10. The third-order valence-corrected chi connectivity index (χ3v) is 7.00. The van der Waals surface area contributed by atoms with E-state index in [0.717, 1.165) is 4.88 Å². The van der Waals surface area contributed by atoms with Gasteiger partial charge in [0.25, 0.3) is 5.56 Å². The highest BCUT2D eigenvalue weighted by Crippen LogP contribution is 2.33.